The summed E-state index contributed by atoms with van der Waals surface area (Å²) in [6, 6.07) is 14.4. The molecule has 0 aliphatic rings. The fourth-order valence-electron chi connectivity index (χ4n) is 3.35. The first-order valence-corrected chi connectivity index (χ1v) is 9.17. The van der Waals surface area contributed by atoms with Crippen LogP contribution < -0.4 is 10.9 Å². The number of amides is 1. The Morgan fingerprint density at radius 2 is 1.75 bits per heavy atom. The van der Waals surface area contributed by atoms with Gasteiger partial charge >= 0.3 is 0 Å². The Bertz CT molecular complexity index is 1210. The van der Waals surface area contributed by atoms with Crippen molar-refractivity contribution in [3.8, 4) is 0 Å². The van der Waals surface area contributed by atoms with Crippen LogP contribution in [-0.2, 0) is 7.05 Å². The molecule has 142 valence electrons. The van der Waals surface area contributed by atoms with E-state index in [-0.39, 0.29) is 29.1 Å². The third kappa shape index (κ3) is 3.05. The zero-order valence-electron chi connectivity index (χ0n) is 15.9. The maximum atomic E-state index is 13.1. The minimum Gasteiger partial charge on any atom is -0.340 e. The van der Waals surface area contributed by atoms with Gasteiger partial charge in [-0.15, -0.1) is 0 Å². The summed E-state index contributed by atoms with van der Waals surface area (Å²) in [4.78, 5) is 33.3. The number of aromatic amines is 1. The minimum atomic E-state index is -0.342. The van der Waals surface area contributed by atoms with Gasteiger partial charge < -0.3 is 10.3 Å². The van der Waals surface area contributed by atoms with Gasteiger partial charge in [0.15, 0.2) is 5.69 Å². The monoisotopic (exact) mass is 375 g/mol. The van der Waals surface area contributed by atoms with Crippen molar-refractivity contribution in [3.63, 3.8) is 0 Å². The lowest BCUT2D eigenvalue weighted by atomic mass is 10.0. The lowest BCUT2D eigenvalue weighted by Gasteiger charge is -2.20. The van der Waals surface area contributed by atoms with Gasteiger partial charge in [-0.2, -0.15) is 5.10 Å². The van der Waals surface area contributed by atoms with Crippen molar-refractivity contribution >= 4 is 27.7 Å². The minimum absolute atomic E-state index is 0.100. The molecule has 2 aromatic carbocycles. The topological polar surface area (TPSA) is 92.7 Å². The van der Waals surface area contributed by atoms with Crippen molar-refractivity contribution in [1.29, 1.82) is 0 Å². The second kappa shape index (κ2) is 6.92. The maximum Gasteiger partial charge on any atom is 0.274 e. The van der Waals surface area contributed by atoms with Crippen LogP contribution in [0.3, 0.4) is 0 Å². The van der Waals surface area contributed by atoms with Crippen LogP contribution in [0.25, 0.3) is 21.8 Å². The highest BCUT2D eigenvalue weighted by Gasteiger charge is 2.24. The summed E-state index contributed by atoms with van der Waals surface area (Å²) in [6.07, 6.45) is 0. The van der Waals surface area contributed by atoms with Crippen LogP contribution in [0.4, 0.5) is 0 Å². The number of H-pyrrole nitrogens is 1. The summed E-state index contributed by atoms with van der Waals surface area (Å²) in [5, 5.41) is 8.25. The Balaban J connectivity index is 1.74. The maximum absolute atomic E-state index is 13.1. The molecule has 0 bridgehead atoms. The number of aryl methyl sites for hydroxylation is 1. The first-order valence-electron chi connectivity index (χ1n) is 9.17. The molecule has 0 saturated heterocycles. The van der Waals surface area contributed by atoms with E-state index in [1.165, 1.54) is 4.68 Å². The Kier molecular flexibility index (Phi) is 4.43. The number of aromatic nitrogens is 4. The molecular weight excluding hydrogens is 354 g/mol. The molecule has 0 fully saturated rings. The average molecular weight is 375 g/mol. The van der Waals surface area contributed by atoms with Gasteiger partial charge in [-0.1, -0.05) is 44.2 Å². The molecule has 0 radical (unpaired) electrons. The van der Waals surface area contributed by atoms with Crippen molar-refractivity contribution < 1.29 is 4.79 Å². The van der Waals surface area contributed by atoms with Gasteiger partial charge in [-0.25, -0.2) is 9.67 Å². The highest BCUT2D eigenvalue weighted by Crippen LogP contribution is 2.23. The highest BCUT2D eigenvalue weighted by molar-refractivity contribution is 6.04. The van der Waals surface area contributed by atoms with E-state index < -0.39 is 0 Å². The molecule has 0 aliphatic carbocycles. The number of benzene rings is 2. The summed E-state index contributed by atoms with van der Waals surface area (Å²) in [7, 11) is 1.55. The predicted octanol–water partition coefficient (Wildman–Crippen LogP) is 2.94. The van der Waals surface area contributed by atoms with Crippen molar-refractivity contribution in [2.75, 3.05) is 0 Å². The molecule has 7 heteroatoms. The third-order valence-corrected chi connectivity index (χ3v) is 4.83. The van der Waals surface area contributed by atoms with Crippen molar-refractivity contribution in [3.05, 3.63) is 70.4 Å². The molecule has 4 aromatic rings. The standard InChI is InChI=1S/C21H21N5O2/c1-12(2)17(19-22-15-10-6-7-11-16(15)23-19)24-20(27)18-13-8-4-5-9-14(13)21(28)26(3)25-18/h4-12,17H,1-3H3,(H,22,23)(H,24,27). The van der Waals surface area contributed by atoms with E-state index in [4.69, 9.17) is 0 Å². The van der Waals surface area contributed by atoms with Gasteiger partial charge in [0.2, 0.25) is 0 Å². The van der Waals surface area contributed by atoms with E-state index in [0.717, 1.165) is 11.0 Å². The number of imidazole rings is 1. The summed E-state index contributed by atoms with van der Waals surface area (Å²) in [6.45, 7) is 4.04. The molecule has 2 aromatic heterocycles. The number of nitrogens with one attached hydrogen (secondary N) is 2. The molecule has 2 heterocycles. The van der Waals surface area contributed by atoms with E-state index in [9.17, 15) is 9.59 Å². The number of carbonyl (C=O) groups excluding carboxylic acids is 1. The van der Waals surface area contributed by atoms with Crippen molar-refractivity contribution in [2.24, 2.45) is 13.0 Å². The van der Waals surface area contributed by atoms with Crippen LogP contribution in [-0.4, -0.2) is 25.7 Å². The number of hydrogen-bond donors (Lipinski definition) is 2. The van der Waals surface area contributed by atoms with Crippen LogP contribution in [0.5, 0.6) is 0 Å². The Morgan fingerprint density at radius 1 is 1.07 bits per heavy atom. The summed E-state index contributed by atoms with van der Waals surface area (Å²) < 4.78 is 1.20. The summed E-state index contributed by atoms with van der Waals surface area (Å²) in [5.41, 5.74) is 1.76. The Morgan fingerprint density at radius 3 is 2.46 bits per heavy atom. The second-order valence-electron chi connectivity index (χ2n) is 7.16. The normalized spacial score (nSPS) is 12.6. The highest BCUT2D eigenvalue weighted by atomic mass is 16.2. The molecule has 0 aliphatic heterocycles. The molecule has 0 saturated carbocycles. The van der Waals surface area contributed by atoms with E-state index in [0.29, 0.717) is 16.6 Å². The number of rotatable bonds is 4. The molecule has 0 spiro atoms. The average Bonchev–Trinajstić information content (AvgIpc) is 3.12. The molecule has 1 unspecified atom stereocenters. The van der Waals surface area contributed by atoms with Crippen LogP contribution in [0.1, 0.15) is 36.2 Å². The van der Waals surface area contributed by atoms with E-state index in [1.807, 2.05) is 38.1 Å². The van der Waals surface area contributed by atoms with Gasteiger partial charge in [0.25, 0.3) is 11.5 Å². The fourth-order valence-corrected chi connectivity index (χ4v) is 3.35. The van der Waals surface area contributed by atoms with E-state index in [1.54, 1.807) is 31.3 Å². The zero-order chi connectivity index (χ0) is 19.8. The molecule has 1 amide bonds. The molecular formula is C21H21N5O2. The number of para-hydroxylation sites is 2. The SMILES string of the molecule is CC(C)C(NC(=O)c1nn(C)c(=O)c2ccccc12)c1nc2ccccc2[nH]1. The van der Waals surface area contributed by atoms with Crippen molar-refractivity contribution in [2.45, 2.75) is 19.9 Å². The predicted molar refractivity (Wildman–Crippen MR) is 108 cm³/mol. The second-order valence-corrected chi connectivity index (χ2v) is 7.16. The number of nitrogens with zero attached hydrogens (tertiary/aromatic N) is 3. The quantitative estimate of drug-likeness (QED) is 0.574. The smallest absolute Gasteiger partial charge is 0.274 e. The molecule has 1 atom stereocenters. The summed E-state index contributed by atoms with van der Waals surface area (Å²) >= 11 is 0. The lowest BCUT2D eigenvalue weighted by Crippen LogP contribution is -2.35. The molecule has 2 N–H and O–H groups in total. The molecule has 4 rings (SSSR count). The van der Waals surface area contributed by atoms with Gasteiger partial charge in [0.05, 0.1) is 22.5 Å². The van der Waals surface area contributed by atoms with Crippen molar-refractivity contribution in [1.82, 2.24) is 25.1 Å². The van der Waals surface area contributed by atoms with Crippen LogP contribution in [0, 0.1) is 5.92 Å². The van der Waals surface area contributed by atoms with Gasteiger partial charge in [0.1, 0.15) is 5.82 Å². The fraction of sp³-hybridized carbons (Fsp3) is 0.238. The van der Waals surface area contributed by atoms with Crippen LogP contribution >= 0.6 is 0 Å². The largest absolute Gasteiger partial charge is 0.340 e. The van der Waals surface area contributed by atoms with E-state index in [2.05, 4.69) is 20.4 Å². The lowest BCUT2D eigenvalue weighted by molar-refractivity contribution is 0.0918. The molecule has 28 heavy (non-hydrogen) atoms. The summed E-state index contributed by atoms with van der Waals surface area (Å²) in [5.74, 6) is 0.452. The third-order valence-electron chi connectivity index (χ3n) is 4.83. The van der Waals surface area contributed by atoms with Crippen LogP contribution in [0.15, 0.2) is 53.3 Å². The van der Waals surface area contributed by atoms with E-state index >= 15 is 0 Å². The van der Waals surface area contributed by atoms with Gasteiger partial charge in [-0.3, -0.25) is 9.59 Å². The molecule has 7 nitrogen and oxygen atoms in total. The van der Waals surface area contributed by atoms with Gasteiger partial charge in [-0.05, 0) is 24.1 Å². The Hall–Kier alpha value is -3.48. The number of carbonyl (C=O) groups is 1. The van der Waals surface area contributed by atoms with Gasteiger partial charge in [0, 0.05) is 12.4 Å². The first kappa shape index (κ1) is 17.9. The number of hydrogen-bond acceptors (Lipinski definition) is 4. The first-order chi connectivity index (χ1) is 13.5. The zero-order valence-corrected chi connectivity index (χ0v) is 15.9. The number of fused-ring (bicyclic) bond motifs is 2. The Labute approximate surface area is 161 Å². The van der Waals surface area contributed by atoms with Crippen LogP contribution in [0.2, 0.25) is 0 Å².